The van der Waals surface area contributed by atoms with E-state index in [1.165, 1.54) is 12.1 Å². The van der Waals surface area contributed by atoms with Gasteiger partial charge in [-0.15, -0.1) is 13.2 Å². The Labute approximate surface area is 126 Å². The minimum absolute atomic E-state index is 0.0292. The predicted octanol–water partition coefficient (Wildman–Crippen LogP) is 2.70. The summed E-state index contributed by atoms with van der Waals surface area (Å²) in [4.78, 5) is 11.9. The van der Waals surface area contributed by atoms with Crippen LogP contribution in [0.2, 0.25) is 0 Å². The van der Waals surface area contributed by atoms with Crippen molar-refractivity contribution in [2.45, 2.75) is 25.7 Å². The van der Waals surface area contributed by atoms with Crippen molar-refractivity contribution in [1.82, 2.24) is 10.6 Å². The predicted molar refractivity (Wildman–Crippen MR) is 75.7 cm³/mol. The smallest absolute Gasteiger partial charge is 0.406 e. The molecular formula is C14H18F3N3O2. The molecule has 0 bridgehead atoms. The SMILES string of the molecule is CC1CCNCC1NC(=O)Nc1ccc(OC(F)(F)F)cc1. The quantitative estimate of drug-likeness (QED) is 0.803. The first-order valence-corrected chi connectivity index (χ1v) is 6.97. The third kappa shape index (κ3) is 5.10. The summed E-state index contributed by atoms with van der Waals surface area (Å²) in [6, 6.07) is 4.64. The van der Waals surface area contributed by atoms with E-state index in [0.717, 1.165) is 25.1 Å². The highest BCUT2D eigenvalue weighted by molar-refractivity contribution is 5.89. The number of urea groups is 1. The first-order valence-electron chi connectivity index (χ1n) is 6.97. The number of carbonyl (C=O) groups excluding carboxylic acids is 1. The third-order valence-corrected chi connectivity index (χ3v) is 3.49. The Hall–Kier alpha value is -1.96. The maximum atomic E-state index is 12.0. The summed E-state index contributed by atoms with van der Waals surface area (Å²) >= 11 is 0. The number of anilines is 1. The fraction of sp³-hybridized carbons (Fsp3) is 0.500. The lowest BCUT2D eigenvalue weighted by molar-refractivity contribution is -0.274. The largest absolute Gasteiger partial charge is 0.573 e. The number of rotatable bonds is 3. The lowest BCUT2D eigenvalue weighted by Crippen LogP contribution is -2.51. The number of piperidine rings is 1. The fourth-order valence-electron chi connectivity index (χ4n) is 2.26. The lowest BCUT2D eigenvalue weighted by atomic mass is 9.95. The Morgan fingerprint density at radius 3 is 2.59 bits per heavy atom. The summed E-state index contributed by atoms with van der Waals surface area (Å²) < 4.78 is 39.9. The van der Waals surface area contributed by atoms with Gasteiger partial charge in [0.15, 0.2) is 0 Å². The maximum Gasteiger partial charge on any atom is 0.573 e. The molecule has 0 aromatic heterocycles. The van der Waals surface area contributed by atoms with Crippen molar-refractivity contribution in [2.75, 3.05) is 18.4 Å². The van der Waals surface area contributed by atoms with Crippen molar-refractivity contribution < 1.29 is 22.7 Å². The lowest BCUT2D eigenvalue weighted by Gasteiger charge is -2.30. The van der Waals surface area contributed by atoms with E-state index in [9.17, 15) is 18.0 Å². The average Bonchev–Trinajstić information content (AvgIpc) is 2.42. The second kappa shape index (κ2) is 6.87. The van der Waals surface area contributed by atoms with E-state index in [-0.39, 0.29) is 17.8 Å². The number of halogens is 3. The zero-order valence-corrected chi connectivity index (χ0v) is 12.0. The van der Waals surface area contributed by atoms with Gasteiger partial charge in [0, 0.05) is 18.3 Å². The molecule has 22 heavy (non-hydrogen) atoms. The fourth-order valence-corrected chi connectivity index (χ4v) is 2.26. The number of hydrogen-bond acceptors (Lipinski definition) is 3. The number of nitrogens with one attached hydrogen (secondary N) is 3. The molecular weight excluding hydrogens is 299 g/mol. The van der Waals surface area contributed by atoms with Gasteiger partial charge in [-0.25, -0.2) is 4.79 Å². The van der Waals surface area contributed by atoms with Crippen LogP contribution < -0.4 is 20.7 Å². The molecule has 0 saturated carbocycles. The van der Waals surface area contributed by atoms with Gasteiger partial charge < -0.3 is 20.7 Å². The number of benzene rings is 1. The molecule has 1 aromatic rings. The van der Waals surface area contributed by atoms with Gasteiger partial charge in [-0.1, -0.05) is 6.92 Å². The highest BCUT2D eigenvalue weighted by Gasteiger charge is 2.31. The van der Waals surface area contributed by atoms with Crippen LogP contribution in [0.15, 0.2) is 24.3 Å². The Morgan fingerprint density at radius 2 is 2.00 bits per heavy atom. The van der Waals surface area contributed by atoms with Crippen molar-refractivity contribution in [3.8, 4) is 5.75 Å². The van der Waals surface area contributed by atoms with E-state index < -0.39 is 6.36 Å². The van der Waals surface area contributed by atoms with Crippen LogP contribution in [0.5, 0.6) is 5.75 Å². The molecule has 2 unspecified atom stereocenters. The Morgan fingerprint density at radius 1 is 1.32 bits per heavy atom. The highest BCUT2D eigenvalue weighted by atomic mass is 19.4. The van der Waals surface area contributed by atoms with Crippen LogP contribution in [-0.4, -0.2) is 31.5 Å². The highest BCUT2D eigenvalue weighted by Crippen LogP contribution is 2.24. The molecule has 2 rings (SSSR count). The molecule has 2 amide bonds. The minimum atomic E-state index is -4.73. The molecule has 1 aromatic carbocycles. The van der Waals surface area contributed by atoms with Crippen LogP contribution in [0.3, 0.4) is 0 Å². The summed E-state index contributed by atoms with van der Waals surface area (Å²) in [6.45, 7) is 3.70. The second-order valence-electron chi connectivity index (χ2n) is 5.25. The Balaban J connectivity index is 1.86. The molecule has 1 aliphatic heterocycles. The molecule has 0 radical (unpaired) electrons. The van der Waals surface area contributed by atoms with Crippen molar-refractivity contribution in [3.05, 3.63) is 24.3 Å². The van der Waals surface area contributed by atoms with Gasteiger partial charge >= 0.3 is 12.4 Å². The maximum absolute atomic E-state index is 12.0. The molecule has 1 saturated heterocycles. The van der Waals surface area contributed by atoms with Gasteiger partial charge in [-0.2, -0.15) is 0 Å². The van der Waals surface area contributed by atoms with E-state index in [1.54, 1.807) is 0 Å². The van der Waals surface area contributed by atoms with Gasteiger partial charge in [0.2, 0.25) is 0 Å². The molecule has 3 N–H and O–H groups in total. The second-order valence-corrected chi connectivity index (χ2v) is 5.25. The van der Waals surface area contributed by atoms with E-state index >= 15 is 0 Å². The molecule has 1 fully saturated rings. The number of amides is 2. The van der Waals surface area contributed by atoms with Gasteiger partial charge in [-0.3, -0.25) is 0 Å². The van der Waals surface area contributed by atoms with Gasteiger partial charge in [0.1, 0.15) is 5.75 Å². The standard InChI is InChI=1S/C14H18F3N3O2/c1-9-6-7-18-8-12(9)20-13(21)19-10-2-4-11(5-3-10)22-14(15,16)17/h2-5,9,12,18H,6-8H2,1H3,(H2,19,20,21). The summed E-state index contributed by atoms with van der Waals surface area (Å²) in [5, 5.41) is 8.63. The average molecular weight is 317 g/mol. The summed E-state index contributed by atoms with van der Waals surface area (Å²) in [6.07, 6.45) is -3.75. The van der Waals surface area contributed by atoms with Crippen molar-refractivity contribution in [2.24, 2.45) is 5.92 Å². The zero-order chi connectivity index (χ0) is 16.2. The number of carbonyl (C=O) groups is 1. The first-order chi connectivity index (χ1) is 10.3. The molecule has 2 atom stereocenters. The Bertz CT molecular complexity index is 505. The van der Waals surface area contributed by atoms with Crippen molar-refractivity contribution >= 4 is 11.7 Å². The molecule has 1 aliphatic rings. The van der Waals surface area contributed by atoms with Crippen LogP contribution in [0.1, 0.15) is 13.3 Å². The molecule has 122 valence electrons. The molecule has 0 aliphatic carbocycles. The van der Waals surface area contributed by atoms with Crippen LogP contribution in [0, 0.1) is 5.92 Å². The summed E-state index contributed by atoms with van der Waals surface area (Å²) in [5.41, 5.74) is 0.392. The first kappa shape index (κ1) is 16.4. The van der Waals surface area contributed by atoms with Crippen LogP contribution >= 0.6 is 0 Å². The molecule has 1 heterocycles. The van der Waals surface area contributed by atoms with E-state index in [2.05, 4.69) is 27.6 Å². The van der Waals surface area contributed by atoms with Crippen molar-refractivity contribution in [1.29, 1.82) is 0 Å². The van der Waals surface area contributed by atoms with Crippen LogP contribution in [0.4, 0.5) is 23.7 Å². The number of alkyl halides is 3. The normalized spacial score (nSPS) is 22.0. The molecule has 8 heteroatoms. The molecule has 5 nitrogen and oxygen atoms in total. The number of hydrogen-bond donors (Lipinski definition) is 3. The van der Waals surface area contributed by atoms with Gasteiger partial charge in [-0.05, 0) is 43.1 Å². The summed E-state index contributed by atoms with van der Waals surface area (Å²) in [5.74, 6) is 0.0399. The minimum Gasteiger partial charge on any atom is -0.406 e. The van der Waals surface area contributed by atoms with Gasteiger partial charge in [0.05, 0.1) is 0 Å². The zero-order valence-electron chi connectivity index (χ0n) is 12.0. The van der Waals surface area contributed by atoms with Crippen LogP contribution in [-0.2, 0) is 0 Å². The molecule has 0 spiro atoms. The topological polar surface area (TPSA) is 62.4 Å². The van der Waals surface area contributed by atoms with Gasteiger partial charge in [0.25, 0.3) is 0 Å². The van der Waals surface area contributed by atoms with E-state index in [0.29, 0.717) is 18.2 Å². The monoisotopic (exact) mass is 317 g/mol. The van der Waals surface area contributed by atoms with Crippen molar-refractivity contribution in [3.63, 3.8) is 0 Å². The third-order valence-electron chi connectivity index (χ3n) is 3.49. The Kier molecular flexibility index (Phi) is 5.12. The van der Waals surface area contributed by atoms with Crippen LogP contribution in [0.25, 0.3) is 0 Å². The van der Waals surface area contributed by atoms with E-state index in [1.807, 2.05) is 0 Å². The van der Waals surface area contributed by atoms with E-state index in [4.69, 9.17) is 0 Å². The summed E-state index contributed by atoms with van der Waals surface area (Å²) in [7, 11) is 0. The number of ether oxygens (including phenoxy) is 1.